The number of benzene rings is 2. The number of hydrogen-bond donors (Lipinski definition) is 3. The van der Waals surface area contributed by atoms with Crippen LogP contribution in [-0.4, -0.2) is 34.8 Å². The van der Waals surface area contributed by atoms with Crippen molar-refractivity contribution in [3.05, 3.63) is 59.2 Å². The lowest BCUT2D eigenvalue weighted by atomic mass is 10.00. The van der Waals surface area contributed by atoms with E-state index in [1.165, 1.54) is 12.1 Å². The molecule has 2 aromatic carbocycles. The molecule has 0 saturated carbocycles. The molecule has 0 bridgehead atoms. The highest BCUT2D eigenvalue weighted by Crippen LogP contribution is 2.33. The number of alkyl halides is 3. The average molecular weight is 437 g/mol. The van der Waals surface area contributed by atoms with Gasteiger partial charge in [0, 0.05) is 23.6 Å². The van der Waals surface area contributed by atoms with Crippen LogP contribution in [0.1, 0.15) is 17.5 Å². The summed E-state index contributed by atoms with van der Waals surface area (Å²) in [4.78, 5) is 14.9. The third-order valence-electron chi connectivity index (χ3n) is 4.75. The standard InChI is InChI=1S/C21H16F5N3O2/c22-13-7-15-14(5-6-18(31)28-17(10-30)21(24,25)26)19(29-20(15)16(23)8-13)12-3-1-11(9-27)2-4-12/h1-4,7-8,17,29-30H,5-6,10H2,(H,28,31)/t17-/m0/s1. The molecule has 1 amide bonds. The number of amides is 1. The van der Waals surface area contributed by atoms with Crippen molar-refractivity contribution in [3.63, 3.8) is 0 Å². The zero-order valence-corrected chi connectivity index (χ0v) is 15.9. The molecular formula is C21H16F5N3O2. The highest BCUT2D eigenvalue weighted by molar-refractivity contribution is 5.92. The molecule has 0 aliphatic rings. The lowest BCUT2D eigenvalue weighted by Crippen LogP contribution is -2.47. The number of nitrogens with one attached hydrogen (secondary N) is 2. The molecule has 5 nitrogen and oxygen atoms in total. The maximum absolute atomic E-state index is 14.3. The molecule has 162 valence electrons. The number of carbonyl (C=O) groups excluding carboxylic acids is 1. The summed E-state index contributed by atoms with van der Waals surface area (Å²) >= 11 is 0. The smallest absolute Gasteiger partial charge is 0.394 e. The molecular weight excluding hydrogens is 421 g/mol. The van der Waals surface area contributed by atoms with Crippen molar-refractivity contribution in [1.82, 2.24) is 10.3 Å². The minimum atomic E-state index is -4.81. The monoisotopic (exact) mass is 437 g/mol. The number of H-pyrrole nitrogens is 1. The van der Waals surface area contributed by atoms with Gasteiger partial charge in [-0.05, 0) is 35.7 Å². The van der Waals surface area contributed by atoms with Crippen molar-refractivity contribution >= 4 is 16.8 Å². The molecule has 0 fully saturated rings. The fraction of sp³-hybridized carbons (Fsp3) is 0.238. The van der Waals surface area contributed by atoms with Crippen molar-refractivity contribution in [1.29, 1.82) is 5.26 Å². The quantitative estimate of drug-likeness (QED) is 0.510. The summed E-state index contributed by atoms with van der Waals surface area (Å²) in [5.41, 5.74) is 1.57. The summed E-state index contributed by atoms with van der Waals surface area (Å²) < 4.78 is 66.3. The van der Waals surface area contributed by atoms with E-state index in [1.54, 1.807) is 17.4 Å². The van der Waals surface area contributed by atoms with Gasteiger partial charge in [-0.25, -0.2) is 8.78 Å². The van der Waals surface area contributed by atoms with Gasteiger partial charge < -0.3 is 15.4 Å². The second-order valence-corrected chi connectivity index (χ2v) is 6.82. The third kappa shape index (κ3) is 4.83. The van der Waals surface area contributed by atoms with Crippen LogP contribution < -0.4 is 5.32 Å². The summed E-state index contributed by atoms with van der Waals surface area (Å²) in [6.45, 7) is -1.31. The highest BCUT2D eigenvalue weighted by atomic mass is 19.4. The predicted molar refractivity (Wildman–Crippen MR) is 102 cm³/mol. The number of carbonyl (C=O) groups is 1. The number of aliphatic hydroxyl groups is 1. The SMILES string of the molecule is N#Cc1ccc(-c2[nH]c3c(F)cc(F)cc3c2CCC(=O)N[C@@H](CO)C(F)(F)F)cc1. The van der Waals surface area contributed by atoms with Crippen LogP contribution >= 0.6 is 0 Å². The number of rotatable bonds is 6. The van der Waals surface area contributed by atoms with Gasteiger partial charge in [-0.1, -0.05) is 12.1 Å². The van der Waals surface area contributed by atoms with Crippen molar-refractivity contribution in [2.75, 3.05) is 6.61 Å². The number of aryl methyl sites for hydroxylation is 1. The predicted octanol–water partition coefficient (Wildman–Crippen LogP) is 3.96. The topological polar surface area (TPSA) is 88.9 Å². The van der Waals surface area contributed by atoms with Crippen LogP contribution in [0, 0.1) is 23.0 Å². The van der Waals surface area contributed by atoms with Crippen molar-refractivity contribution in [3.8, 4) is 17.3 Å². The van der Waals surface area contributed by atoms with E-state index in [0.717, 1.165) is 6.07 Å². The Morgan fingerprint density at radius 1 is 1.19 bits per heavy atom. The van der Waals surface area contributed by atoms with E-state index in [4.69, 9.17) is 10.4 Å². The van der Waals surface area contributed by atoms with Crippen LogP contribution in [0.2, 0.25) is 0 Å². The van der Waals surface area contributed by atoms with Gasteiger partial charge in [0.2, 0.25) is 5.91 Å². The molecule has 0 saturated heterocycles. The average Bonchev–Trinajstić information content (AvgIpc) is 3.08. The summed E-state index contributed by atoms with van der Waals surface area (Å²) in [6.07, 6.45) is -5.36. The van der Waals surface area contributed by atoms with Crippen molar-refractivity contribution < 1.29 is 31.9 Å². The number of aromatic nitrogens is 1. The number of halogens is 5. The van der Waals surface area contributed by atoms with E-state index < -0.39 is 42.8 Å². The van der Waals surface area contributed by atoms with Crippen LogP contribution in [-0.2, 0) is 11.2 Å². The summed E-state index contributed by atoms with van der Waals surface area (Å²) in [7, 11) is 0. The normalized spacial score (nSPS) is 12.5. The van der Waals surface area contributed by atoms with Gasteiger partial charge in [-0.3, -0.25) is 4.79 Å². The minimum Gasteiger partial charge on any atom is -0.394 e. The van der Waals surface area contributed by atoms with E-state index in [0.29, 0.717) is 28.5 Å². The van der Waals surface area contributed by atoms with Gasteiger partial charge in [0.1, 0.15) is 17.7 Å². The molecule has 3 rings (SSSR count). The maximum Gasteiger partial charge on any atom is 0.410 e. The van der Waals surface area contributed by atoms with Crippen LogP contribution in [0.25, 0.3) is 22.2 Å². The first-order chi connectivity index (χ1) is 14.6. The van der Waals surface area contributed by atoms with Crippen molar-refractivity contribution in [2.45, 2.75) is 25.1 Å². The number of aliphatic hydroxyl groups excluding tert-OH is 1. The first-order valence-corrected chi connectivity index (χ1v) is 9.11. The number of hydrogen-bond acceptors (Lipinski definition) is 3. The molecule has 0 aliphatic carbocycles. The van der Waals surface area contributed by atoms with E-state index >= 15 is 0 Å². The molecule has 3 N–H and O–H groups in total. The number of fused-ring (bicyclic) bond motifs is 1. The van der Waals surface area contributed by atoms with Gasteiger partial charge in [0.25, 0.3) is 0 Å². The van der Waals surface area contributed by atoms with Gasteiger partial charge in [-0.2, -0.15) is 18.4 Å². The first kappa shape index (κ1) is 22.2. The summed E-state index contributed by atoms with van der Waals surface area (Å²) in [6, 6.07) is 7.49. The van der Waals surface area contributed by atoms with Crippen LogP contribution in [0.5, 0.6) is 0 Å². The number of aromatic amines is 1. The Labute approximate surface area is 173 Å². The van der Waals surface area contributed by atoms with Gasteiger partial charge in [0.05, 0.1) is 23.8 Å². The van der Waals surface area contributed by atoms with E-state index in [-0.39, 0.29) is 17.3 Å². The maximum atomic E-state index is 14.3. The Balaban J connectivity index is 1.96. The minimum absolute atomic E-state index is 0.0142. The molecule has 0 aliphatic heterocycles. The summed E-state index contributed by atoms with van der Waals surface area (Å²) in [5.74, 6) is -2.69. The fourth-order valence-corrected chi connectivity index (χ4v) is 3.23. The molecule has 0 spiro atoms. The Morgan fingerprint density at radius 2 is 1.87 bits per heavy atom. The third-order valence-corrected chi connectivity index (χ3v) is 4.75. The largest absolute Gasteiger partial charge is 0.410 e. The van der Waals surface area contributed by atoms with Gasteiger partial charge in [0.15, 0.2) is 0 Å². The second-order valence-electron chi connectivity index (χ2n) is 6.82. The first-order valence-electron chi connectivity index (χ1n) is 9.11. The lowest BCUT2D eigenvalue weighted by Gasteiger charge is -2.19. The van der Waals surface area contributed by atoms with E-state index in [9.17, 15) is 26.7 Å². The van der Waals surface area contributed by atoms with Crippen LogP contribution in [0.4, 0.5) is 22.0 Å². The van der Waals surface area contributed by atoms with Gasteiger partial charge >= 0.3 is 6.18 Å². The highest BCUT2D eigenvalue weighted by Gasteiger charge is 2.40. The zero-order valence-electron chi connectivity index (χ0n) is 15.9. The molecule has 1 aromatic heterocycles. The Kier molecular flexibility index (Phi) is 6.27. The van der Waals surface area contributed by atoms with Crippen LogP contribution in [0.15, 0.2) is 36.4 Å². The number of nitriles is 1. The van der Waals surface area contributed by atoms with Crippen molar-refractivity contribution in [2.24, 2.45) is 0 Å². The molecule has 10 heteroatoms. The molecule has 31 heavy (non-hydrogen) atoms. The molecule has 1 heterocycles. The van der Waals surface area contributed by atoms with Crippen LogP contribution in [0.3, 0.4) is 0 Å². The lowest BCUT2D eigenvalue weighted by molar-refractivity contribution is -0.168. The zero-order chi connectivity index (χ0) is 22.8. The molecule has 0 unspecified atom stereocenters. The molecule has 1 atom stereocenters. The summed E-state index contributed by atoms with van der Waals surface area (Å²) in [5, 5.41) is 19.7. The Bertz CT molecular complexity index is 1150. The van der Waals surface area contributed by atoms with E-state index in [1.807, 2.05) is 6.07 Å². The van der Waals surface area contributed by atoms with E-state index in [2.05, 4.69) is 4.98 Å². The van der Waals surface area contributed by atoms with Gasteiger partial charge in [-0.15, -0.1) is 0 Å². The second kappa shape index (κ2) is 8.73. The molecule has 3 aromatic rings. The Morgan fingerprint density at radius 3 is 2.45 bits per heavy atom. The Hall–Kier alpha value is -3.45. The fourth-order valence-electron chi connectivity index (χ4n) is 3.23. The molecule has 0 radical (unpaired) electrons. The number of nitrogens with zero attached hydrogens (tertiary/aromatic N) is 1.